The van der Waals surface area contributed by atoms with Crippen LogP contribution in [-0.2, 0) is 6.18 Å². The SMILES string of the molecule is Cc1cccc(C(F)(F)F)c1-c1cc(Cl)ccc1Cl. The Morgan fingerprint density at radius 3 is 2.32 bits per heavy atom. The van der Waals surface area contributed by atoms with Crippen LogP contribution in [0.3, 0.4) is 0 Å². The molecule has 19 heavy (non-hydrogen) atoms. The predicted octanol–water partition coefficient (Wildman–Crippen LogP) is 5.99. The van der Waals surface area contributed by atoms with Gasteiger partial charge < -0.3 is 0 Å². The van der Waals surface area contributed by atoms with E-state index in [9.17, 15) is 13.2 Å². The Kier molecular flexibility index (Phi) is 3.79. The Morgan fingerprint density at radius 2 is 1.68 bits per heavy atom. The third-order valence-corrected chi connectivity index (χ3v) is 3.34. The molecule has 0 aromatic heterocycles. The standard InChI is InChI=1S/C14H9Cl2F3/c1-8-3-2-4-11(14(17,18)19)13(8)10-7-9(15)5-6-12(10)16/h2-7H,1H3. The first-order valence-electron chi connectivity index (χ1n) is 5.43. The minimum absolute atomic E-state index is 0.0718. The van der Waals surface area contributed by atoms with E-state index in [-0.39, 0.29) is 10.6 Å². The van der Waals surface area contributed by atoms with Gasteiger partial charge in [0.15, 0.2) is 0 Å². The molecule has 0 aliphatic rings. The van der Waals surface area contributed by atoms with Crippen molar-refractivity contribution in [2.24, 2.45) is 0 Å². The van der Waals surface area contributed by atoms with E-state index in [4.69, 9.17) is 23.2 Å². The Balaban J connectivity index is 2.78. The second kappa shape index (κ2) is 5.06. The lowest BCUT2D eigenvalue weighted by molar-refractivity contribution is -0.137. The third kappa shape index (κ3) is 2.88. The zero-order valence-corrected chi connectivity index (χ0v) is 11.4. The summed E-state index contributed by atoms with van der Waals surface area (Å²) in [6.07, 6.45) is -4.44. The van der Waals surface area contributed by atoms with Crippen molar-refractivity contribution in [2.75, 3.05) is 0 Å². The topological polar surface area (TPSA) is 0 Å². The van der Waals surface area contributed by atoms with E-state index in [2.05, 4.69) is 0 Å². The van der Waals surface area contributed by atoms with Gasteiger partial charge in [0, 0.05) is 15.6 Å². The number of hydrogen-bond donors (Lipinski definition) is 0. The van der Waals surface area contributed by atoms with Crippen molar-refractivity contribution in [1.82, 2.24) is 0 Å². The lowest BCUT2D eigenvalue weighted by atomic mass is 9.94. The maximum absolute atomic E-state index is 13.1. The molecule has 0 aliphatic heterocycles. The molecular formula is C14H9Cl2F3. The zero-order valence-electron chi connectivity index (χ0n) is 9.85. The van der Waals surface area contributed by atoms with Crippen LogP contribution in [0.15, 0.2) is 36.4 Å². The molecule has 0 saturated carbocycles. The molecule has 5 heteroatoms. The van der Waals surface area contributed by atoms with Gasteiger partial charge in [0.25, 0.3) is 0 Å². The molecule has 2 aromatic carbocycles. The zero-order chi connectivity index (χ0) is 14.2. The fraction of sp³-hybridized carbons (Fsp3) is 0.143. The smallest absolute Gasteiger partial charge is 0.166 e. The van der Waals surface area contributed by atoms with Crippen molar-refractivity contribution in [1.29, 1.82) is 0 Å². The van der Waals surface area contributed by atoms with Crippen molar-refractivity contribution >= 4 is 23.2 Å². The number of alkyl halides is 3. The number of halogens is 5. The van der Waals surface area contributed by atoms with Crippen LogP contribution in [0.4, 0.5) is 13.2 Å². The first kappa shape index (κ1) is 14.2. The van der Waals surface area contributed by atoms with Gasteiger partial charge in [-0.15, -0.1) is 0 Å². The summed E-state index contributed by atoms with van der Waals surface area (Å²) in [5, 5.41) is 0.583. The van der Waals surface area contributed by atoms with Crippen LogP contribution in [0.2, 0.25) is 10.0 Å². The lowest BCUT2D eigenvalue weighted by Gasteiger charge is -2.16. The van der Waals surface area contributed by atoms with E-state index >= 15 is 0 Å². The molecule has 0 nitrogen and oxygen atoms in total. The minimum atomic E-state index is -4.44. The van der Waals surface area contributed by atoms with Crippen LogP contribution in [0.1, 0.15) is 11.1 Å². The van der Waals surface area contributed by atoms with Gasteiger partial charge in [0.1, 0.15) is 0 Å². The molecule has 0 bridgehead atoms. The van der Waals surface area contributed by atoms with Gasteiger partial charge in [0.2, 0.25) is 0 Å². The monoisotopic (exact) mass is 304 g/mol. The molecule has 2 rings (SSSR count). The lowest BCUT2D eigenvalue weighted by Crippen LogP contribution is -2.08. The highest BCUT2D eigenvalue weighted by atomic mass is 35.5. The largest absolute Gasteiger partial charge is 0.417 e. The fourth-order valence-electron chi connectivity index (χ4n) is 1.95. The van der Waals surface area contributed by atoms with Crippen molar-refractivity contribution in [3.05, 3.63) is 57.6 Å². The Bertz CT molecular complexity index is 619. The van der Waals surface area contributed by atoms with Crippen molar-refractivity contribution in [3.63, 3.8) is 0 Å². The molecule has 0 amide bonds. The first-order chi connectivity index (χ1) is 8.80. The van der Waals surface area contributed by atoms with Gasteiger partial charge in [-0.2, -0.15) is 13.2 Å². The van der Waals surface area contributed by atoms with Gasteiger partial charge in [0.05, 0.1) is 5.56 Å². The van der Waals surface area contributed by atoms with Gasteiger partial charge in [-0.05, 0) is 42.3 Å². The molecule has 0 atom stereocenters. The molecule has 0 unspecified atom stereocenters. The van der Waals surface area contributed by atoms with E-state index in [1.165, 1.54) is 18.2 Å². The van der Waals surface area contributed by atoms with Crippen LogP contribution >= 0.6 is 23.2 Å². The van der Waals surface area contributed by atoms with Crippen molar-refractivity contribution < 1.29 is 13.2 Å². The highest BCUT2D eigenvalue weighted by Crippen LogP contribution is 2.41. The number of benzene rings is 2. The fourth-order valence-corrected chi connectivity index (χ4v) is 2.33. The molecule has 2 aromatic rings. The van der Waals surface area contributed by atoms with E-state index in [0.29, 0.717) is 16.1 Å². The average Bonchev–Trinajstić information content (AvgIpc) is 2.31. The van der Waals surface area contributed by atoms with Gasteiger partial charge in [-0.3, -0.25) is 0 Å². The highest BCUT2D eigenvalue weighted by Gasteiger charge is 2.34. The van der Waals surface area contributed by atoms with E-state index in [1.54, 1.807) is 19.1 Å². The van der Waals surface area contributed by atoms with Crippen molar-refractivity contribution in [2.45, 2.75) is 13.1 Å². The quantitative estimate of drug-likeness (QED) is 0.607. The molecule has 0 spiro atoms. The maximum Gasteiger partial charge on any atom is 0.417 e. The van der Waals surface area contributed by atoms with Crippen LogP contribution in [-0.4, -0.2) is 0 Å². The van der Waals surface area contributed by atoms with Gasteiger partial charge >= 0.3 is 6.18 Å². The summed E-state index contributed by atoms with van der Waals surface area (Å²) < 4.78 is 39.2. The summed E-state index contributed by atoms with van der Waals surface area (Å²) in [7, 11) is 0. The normalized spacial score (nSPS) is 11.7. The molecule has 0 saturated heterocycles. The Labute approximate surface area is 118 Å². The van der Waals surface area contributed by atoms with Crippen LogP contribution in [0, 0.1) is 6.92 Å². The third-order valence-electron chi connectivity index (χ3n) is 2.78. The summed E-state index contributed by atoms with van der Waals surface area (Å²) >= 11 is 11.8. The minimum Gasteiger partial charge on any atom is -0.166 e. The predicted molar refractivity (Wildman–Crippen MR) is 71.6 cm³/mol. The summed E-state index contributed by atoms with van der Waals surface area (Å²) in [4.78, 5) is 0. The van der Waals surface area contributed by atoms with Gasteiger partial charge in [-0.1, -0.05) is 35.3 Å². The van der Waals surface area contributed by atoms with E-state index in [0.717, 1.165) is 6.07 Å². The molecular weight excluding hydrogens is 296 g/mol. The highest BCUT2D eigenvalue weighted by molar-refractivity contribution is 6.35. The second-order valence-corrected chi connectivity index (χ2v) is 4.96. The molecule has 100 valence electrons. The second-order valence-electron chi connectivity index (χ2n) is 4.12. The first-order valence-corrected chi connectivity index (χ1v) is 6.18. The number of rotatable bonds is 1. The van der Waals surface area contributed by atoms with Crippen LogP contribution in [0.5, 0.6) is 0 Å². The Hall–Kier alpha value is -1.19. The summed E-state index contributed by atoms with van der Waals surface area (Å²) in [6.45, 7) is 1.61. The number of aryl methyl sites for hydroxylation is 1. The average molecular weight is 305 g/mol. The molecule has 0 heterocycles. The summed E-state index contributed by atoms with van der Waals surface area (Å²) in [5.41, 5.74) is 0.151. The van der Waals surface area contributed by atoms with Crippen LogP contribution < -0.4 is 0 Å². The maximum atomic E-state index is 13.1. The van der Waals surface area contributed by atoms with E-state index in [1.807, 2.05) is 0 Å². The van der Waals surface area contributed by atoms with Crippen molar-refractivity contribution in [3.8, 4) is 11.1 Å². The summed E-state index contributed by atoms with van der Waals surface area (Å²) in [5.74, 6) is 0. The summed E-state index contributed by atoms with van der Waals surface area (Å²) in [6, 6.07) is 8.51. The van der Waals surface area contributed by atoms with E-state index < -0.39 is 11.7 Å². The number of hydrogen-bond acceptors (Lipinski definition) is 0. The molecule has 0 aliphatic carbocycles. The van der Waals surface area contributed by atoms with Gasteiger partial charge in [-0.25, -0.2) is 0 Å². The van der Waals surface area contributed by atoms with Crippen LogP contribution in [0.25, 0.3) is 11.1 Å². The molecule has 0 fully saturated rings. The Morgan fingerprint density at radius 1 is 1.00 bits per heavy atom. The molecule has 0 N–H and O–H groups in total. The molecule has 0 radical (unpaired) electrons.